The molecule has 1 saturated carbocycles. The molecule has 2 aliphatic heterocycles. The summed E-state index contributed by atoms with van der Waals surface area (Å²) < 4.78 is 7.13. The molecule has 5 unspecified atom stereocenters. The van der Waals surface area contributed by atoms with E-state index in [4.69, 9.17) is 4.74 Å². The summed E-state index contributed by atoms with van der Waals surface area (Å²) in [6.45, 7) is 5.98. The molecular formula is C20H24NO3+. The van der Waals surface area contributed by atoms with E-state index in [1.54, 1.807) is 6.07 Å². The van der Waals surface area contributed by atoms with Gasteiger partial charge < -0.3 is 14.3 Å². The van der Waals surface area contributed by atoms with Gasteiger partial charge in [-0.2, -0.15) is 0 Å². The zero-order chi connectivity index (χ0) is 16.7. The number of benzene rings is 1. The lowest BCUT2D eigenvalue weighted by molar-refractivity contribution is -0.939. The highest BCUT2D eigenvalue weighted by Crippen LogP contribution is 2.63. The Morgan fingerprint density at radius 1 is 1.50 bits per heavy atom. The van der Waals surface area contributed by atoms with E-state index in [1.165, 1.54) is 5.56 Å². The molecule has 5 atom stereocenters. The molecule has 5 rings (SSSR count). The van der Waals surface area contributed by atoms with Crippen molar-refractivity contribution in [1.29, 1.82) is 0 Å². The molecule has 0 amide bonds. The number of piperidine rings is 1. The van der Waals surface area contributed by atoms with Crippen molar-refractivity contribution < 1.29 is 19.1 Å². The molecule has 1 spiro atoms. The maximum absolute atomic E-state index is 12.7. The normalized spacial score (nSPS) is 41.5. The number of likely N-dealkylation sites (N-methyl/N-ethyl adjacent to an activating group) is 1. The molecule has 2 heterocycles. The lowest BCUT2D eigenvalue weighted by Gasteiger charge is -2.60. The average molecular weight is 326 g/mol. The molecule has 2 fully saturated rings. The fraction of sp³-hybridized carbons (Fsp3) is 0.550. The van der Waals surface area contributed by atoms with Crippen LogP contribution >= 0.6 is 0 Å². The summed E-state index contributed by atoms with van der Waals surface area (Å²) in [6.07, 6.45) is 5.15. The summed E-state index contributed by atoms with van der Waals surface area (Å²) in [7, 11) is 2.34. The summed E-state index contributed by atoms with van der Waals surface area (Å²) in [6, 6.07) is 4.28. The van der Waals surface area contributed by atoms with Crippen molar-refractivity contribution in [1.82, 2.24) is 0 Å². The molecule has 24 heavy (non-hydrogen) atoms. The van der Waals surface area contributed by atoms with Crippen LogP contribution in [0.4, 0.5) is 0 Å². The number of aromatic hydroxyl groups is 1. The number of quaternary nitrogens is 1. The third-order valence-corrected chi connectivity index (χ3v) is 7.32. The fourth-order valence-corrected chi connectivity index (χ4v) is 6.31. The molecular weight excluding hydrogens is 302 g/mol. The summed E-state index contributed by atoms with van der Waals surface area (Å²) in [5, 5.41) is 10.3. The van der Waals surface area contributed by atoms with E-state index in [-0.39, 0.29) is 16.9 Å². The molecule has 2 aliphatic carbocycles. The Hall–Kier alpha value is -1.81. The van der Waals surface area contributed by atoms with Crippen LogP contribution in [0.2, 0.25) is 0 Å². The smallest absolute Gasteiger partial charge is 0.174 e. The van der Waals surface area contributed by atoms with Gasteiger partial charge in [-0.1, -0.05) is 12.6 Å². The van der Waals surface area contributed by atoms with Crippen LogP contribution in [0.15, 0.2) is 24.8 Å². The SMILES string of the molecule is C=CC[N+]1(C)CCC23c4c5ccc(O)c4OC2C(=O)CCC3C1C5. The van der Waals surface area contributed by atoms with E-state index in [9.17, 15) is 9.90 Å². The quantitative estimate of drug-likeness (QED) is 0.670. The van der Waals surface area contributed by atoms with Crippen molar-refractivity contribution in [2.45, 2.75) is 43.2 Å². The Morgan fingerprint density at radius 2 is 2.33 bits per heavy atom. The van der Waals surface area contributed by atoms with Crippen molar-refractivity contribution >= 4 is 5.78 Å². The van der Waals surface area contributed by atoms with Crippen LogP contribution in [0, 0.1) is 5.92 Å². The highest BCUT2D eigenvalue weighted by Gasteiger charge is 2.68. The predicted molar refractivity (Wildman–Crippen MR) is 90.2 cm³/mol. The number of likely N-dealkylation sites (tertiary alicyclic amines) is 1. The van der Waals surface area contributed by atoms with Crippen molar-refractivity contribution in [2.75, 3.05) is 20.1 Å². The van der Waals surface area contributed by atoms with E-state index < -0.39 is 6.10 Å². The van der Waals surface area contributed by atoms with E-state index in [1.807, 2.05) is 12.1 Å². The number of Topliss-reactive ketones (excluding diaryl/α,β-unsaturated/α-hetero) is 1. The Kier molecular flexibility index (Phi) is 2.68. The van der Waals surface area contributed by atoms with Gasteiger partial charge in [-0.05, 0) is 24.1 Å². The van der Waals surface area contributed by atoms with Crippen LogP contribution in [0.1, 0.15) is 30.4 Å². The zero-order valence-corrected chi connectivity index (χ0v) is 14.1. The largest absolute Gasteiger partial charge is 0.504 e. The molecule has 4 nitrogen and oxygen atoms in total. The molecule has 1 N–H and O–H groups in total. The van der Waals surface area contributed by atoms with Gasteiger partial charge in [0.15, 0.2) is 23.4 Å². The number of carbonyl (C=O) groups is 1. The van der Waals surface area contributed by atoms with E-state index in [0.717, 1.165) is 42.4 Å². The predicted octanol–water partition coefficient (Wildman–Crippen LogP) is 2.33. The van der Waals surface area contributed by atoms with Crippen LogP contribution in [0.25, 0.3) is 0 Å². The van der Waals surface area contributed by atoms with Crippen LogP contribution in [-0.4, -0.2) is 47.7 Å². The first-order chi connectivity index (χ1) is 11.5. The van der Waals surface area contributed by atoms with Gasteiger partial charge >= 0.3 is 0 Å². The summed E-state index contributed by atoms with van der Waals surface area (Å²) in [4.78, 5) is 12.7. The molecule has 4 heteroatoms. The zero-order valence-electron chi connectivity index (χ0n) is 14.1. The number of phenolic OH excluding ortho intramolecular Hbond substituents is 1. The fourth-order valence-electron chi connectivity index (χ4n) is 6.31. The minimum atomic E-state index is -0.390. The van der Waals surface area contributed by atoms with Gasteiger partial charge in [0.2, 0.25) is 0 Å². The minimum Gasteiger partial charge on any atom is -0.504 e. The number of nitrogens with zero attached hydrogens (tertiary/aromatic N) is 1. The Labute approximate surface area is 142 Å². The number of ether oxygens (including phenoxy) is 1. The number of hydrogen-bond donors (Lipinski definition) is 1. The molecule has 126 valence electrons. The standard InChI is InChI=1S/C20H23NO3/c1-3-9-21(2)10-8-20-13-5-7-16(23)19(20)24-18-15(22)6-4-12(17(18)20)11-14(13)21/h3-4,6,13-14,19H,1,5,7-11H2,2H3/p+1. The maximum atomic E-state index is 12.7. The third kappa shape index (κ3) is 1.47. The Bertz CT molecular complexity index is 772. The van der Waals surface area contributed by atoms with Gasteiger partial charge in [-0.25, -0.2) is 0 Å². The van der Waals surface area contributed by atoms with Gasteiger partial charge in [0.1, 0.15) is 0 Å². The Morgan fingerprint density at radius 3 is 3.12 bits per heavy atom. The van der Waals surface area contributed by atoms with Gasteiger partial charge in [0.05, 0.1) is 31.6 Å². The summed E-state index contributed by atoms with van der Waals surface area (Å²) in [5.41, 5.74) is 2.22. The van der Waals surface area contributed by atoms with Crippen molar-refractivity contribution in [3.05, 3.63) is 35.9 Å². The third-order valence-electron chi connectivity index (χ3n) is 7.32. The number of ketones is 1. The number of phenols is 1. The number of hydrogen-bond acceptors (Lipinski definition) is 3. The monoisotopic (exact) mass is 326 g/mol. The molecule has 0 radical (unpaired) electrons. The topological polar surface area (TPSA) is 46.5 Å². The molecule has 1 aromatic rings. The van der Waals surface area contributed by atoms with Gasteiger partial charge in [0, 0.05) is 30.7 Å². The van der Waals surface area contributed by atoms with Crippen molar-refractivity contribution in [2.24, 2.45) is 5.92 Å². The van der Waals surface area contributed by atoms with Crippen LogP contribution in [0.3, 0.4) is 0 Å². The molecule has 0 aromatic heterocycles. The second kappa shape index (κ2) is 4.42. The number of rotatable bonds is 2. The van der Waals surface area contributed by atoms with Crippen molar-refractivity contribution in [3.63, 3.8) is 0 Å². The second-order valence-electron chi connectivity index (χ2n) is 8.29. The lowest BCUT2D eigenvalue weighted by Crippen LogP contribution is -2.71. The minimum absolute atomic E-state index is 0.191. The first-order valence-corrected chi connectivity index (χ1v) is 9.01. The van der Waals surface area contributed by atoms with Crippen molar-refractivity contribution in [3.8, 4) is 11.5 Å². The van der Waals surface area contributed by atoms with Crippen LogP contribution < -0.4 is 4.74 Å². The molecule has 4 aliphatic rings. The highest BCUT2D eigenvalue weighted by atomic mass is 16.5. The van der Waals surface area contributed by atoms with Gasteiger partial charge in [0.25, 0.3) is 0 Å². The second-order valence-corrected chi connectivity index (χ2v) is 8.29. The van der Waals surface area contributed by atoms with E-state index >= 15 is 0 Å². The highest BCUT2D eigenvalue weighted by molar-refractivity contribution is 5.89. The Balaban J connectivity index is 1.76. The first-order valence-electron chi connectivity index (χ1n) is 9.01. The van der Waals surface area contributed by atoms with E-state index in [2.05, 4.69) is 13.6 Å². The van der Waals surface area contributed by atoms with Crippen LogP contribution in [0.5, 0.6) is 11.5 Å². The van der Waals surface area contributed by atoms with Crippen LogP contribution in [-0.2, 0) is 16.6 Å². The maximum Gasteiger partial charge on any atom is 0.174 e. The van der Waals surface area contributed by atoms with E-state index in [0.29, 0.717) is 24.1 Å². The van der Waals surface area contributed by atoms with Gasteiger partial charge in [-0.3, -0.25) is 4.79 Å². The summed E-state index contributed by atoms with van der Waals surface area (Å²) in [5.74, 6) is 1.45. The summed E-state index contributed by atoms with van der Waals surface area (Å²) >= 11 is 0. The number of carbonyl (C=O) groups excluding carboxylic acids is 1. The van der Waals surface area contributed by atoms with Gasteiger partial charge in [-0.15, -0.1) is 0 Å². The molecule has 1 aromatic carbocycles. The average Bonchev–Trinajstić information content (AvgIpc) is 2.91. The molecule has 1 saturated heterocycles. The molecule has 2 bridgehead atoms. The first kappa shape index (κ1) is 14.5. The lowest BCUT2D eigenvalue weighted by atomic mass is 9.51.